The van der Waals surface area contributed by atoms with Crippen LogP contribution in [0.3, 0.4) is 0 Å². The maximum Gasteiger partial charge on any atom is 0.118 e. The molecule has 118 valence electrons. The maximum atomic E-state index is 5.26. The monoisotopic (exact) mass is 299 g/mol. The van der Waals surface area contributed by atoms with E-state index >= 15 is 0 Å². The molecule has 0 heterocycles. The molecule has 1 aromatic rings. The average molecular weight is 299 g/mol. The van der Waals surface area contributed by atoms with E-state index in [2.05, 4.69) is 17.6 Å². The Labute approximate surface area is 133 Å². The lowest BCUT2D eigenvalue weighted by Crippen LogP contribution is -2.08. The Hall–Kier alpha value is -2.13. The molecule has 0 aromatic heterocycles. The van der Waals surface area contributed by atoms with Crippen LogP contribution in [0.4, 0.5) is 0 Å². The van der Waals surface area contributed by atoms with Gasteiger partial charge in [-0.1, -0.05) is 38.7 Å². The van der Waals surface area contributed by atoms with Gasteiger partial charge in [0.1, 0.15) is 5.75 Å². The Morgan fingerprint density at radius 3 is 2.41 bits per heavy atom. The third kappa shape index (κ3) is 5.34. The van der Waals surface area contributed by atoms with Crippen molar-refractivity contribution in [3.8, 4) is 5.75 Å². The normalized spacial score (nSPS) is 16.7. The Bertz CT molecular complexity index is 553. The zero-order chi connectivity index (χ0) is 16.4. The van der Waals surface area contributed by atoms with Gasteiger partial charge in [0.15, 0.2) is 0 Å². The van der Waals surface area contributed by atoms with Gasteiger partial charge in [-0.3, -0.25) is 4.99 Å². The van der Waals surface area contributed by atoms with Crippen molar-refractivity contribution >= 4 is 6.21 Å². The molecule has 2 rings (SSSR count). The van der Waals surface area contributed by atoms with Gasteiger partial charge >= 0.3 is 0 Å². The van der Waals surface area contributed by atoms with Gasteiger partial charge in [0.25, 0.3) is 0 Å². The molecule has 0 spiro atoms. The van der Waals surface area contributed by atoms with Gasteiger partial charge < -0.3 is 9.47 Å². The molecule has 0 bridgehead atoms. The van der Waals surface area contributed by atoms with Crippen molar-refractivity contribution in [2.24, 2.45) is 4.99 Å². The minimum absolute atomic E-state index is 0.164. The highest BCUT2D eigenvalue weighted by atomic mass is 16.5. The number of benzene rings is 1. The molecule has 1 unspecified atom stereocenters. The average Bonchev–Trinajstić information content (AvgIpc) is 2.62. The van der Waals surface area contributed by atoms with Crippen LogP contribution in [-0.2, 0) is 4.74 Å². The molecule has 0 saturated heterocycles. The molecule has 0 N–H and O–H groups in total. The van der Waals surface area contributed by atoms with Gasteiger partial charge in [-0.25, -0.2) is 0 Å². The number of hydrogen-bond donors (Lipinski definition) is 0. The van der Waals surface area contributed by atoms with Crippen LogP contribution in [0.15, 0.2) is 65.3 Å². The summed E-state index contributed by atoms with van der Waals surface area (Å²) < 4.78 is 10.4. The Morgan fingerprint density at radius 1 is 1.23 bits per heavy atom. The van der Waals surface area contributed by atoms with Gasteiger partial charge in [-0.05, 0) is 41.8 Å². The van der Waals surface area contributed by atoms with Gasteiger partial charge in [-0.15, -0.1) is 0 Å². The van der Waals surface area contributed by atoms with Crippen LogP contribution >= 0.6 is 0 Å². The van der Waals surface area contributed by atoms with Gasteiger partial charge in [0.2, 0.25) is 0 Å². The highest BCUT2D eigenvalue weighted by molar-refractivity contribution is 5.81. The summed E-state index contributed by atoms with van der Waals surface area (Å²) in [5, 5.41) is 0. The van der Waals surface area contributed by atoms with Gasteiger partial charge in [-0.2, -0.15) is 0 Å². The molecular weight excluding hydrogens is 274 g/mol. The molecule has 0 aliphatic heterocycles. The van der Waals surface area contributed by atoms with E-state index in [9.17, 15) is 0 Å². The van der Waals surface area contributed by atoms with Gasteiger partial charge in [0, 0.05) is 13.3 Å². The van der Waals surface area contributed by atoms with Crippen molar-refractivity contribution in [1.82, 2.24) is 0 Å². The molecule has 1 aromatic carbocycles. The molecule has 0 fully saturated rings. The van der Waals surface area contributed by atoms with Crippen LogP contribution in [0.5, 0.6) is 5.75 Å². The molecule has 3 heteroatoms. The van der Waals surface area contributed by atoms with E-state index in [0.717, 1.165) is 29.0 Å². The number of hydrogen-bond acceptors (Lipinski definition) is 3. The highest BCUT2D eigenvalue weighted by Crippen LogP contribution is 2.19. The number of allylic oxidation sites excluding steroid dienone is 1. The number of rotatable bonds is 5. The molecule has 1 aliphatic rings. The largest absolute Gasteiger partial charge is 0.497 e. The fraction of sp³-hybridized carbons (Fsp3) is 0.316. The minimum Gasteiger partial charge on any atom is -0.497 e. The van der Waals surface area contributed by atoms with Crippen LogP contribution in [-0.4, -0.2) is 26.5 Å². The first kappa shape index (κ1) is 17.9. The second-order valence-corrected chi connectivity index (χ2v) is 4.51. The zero-order valence-corrected chi connectivity index (χ0v) is 13.9. The van der Waals surface area contributed by atoms with E-state index < -0.39 is 0 Å². The second kappa shape index (κ2) is 9.74. The minimum atomic E-state index is 0.164. The SMILES string of the molecule is C=C(N=Cc1ccc(OC)cc1)C1=CCC(OC)C=C1.CC. The molecule has 0 radical (unpaired) electrons. The van der Waals surface area contributed by atoms with E-state index in [4.69, 9.17) is 9.47 Å². The highest BCUT2D eigenvalue weighted by Gasteiger charge is 2.08. The number of nitrogens with zero attached hydrogens (tertiary/aromatic N) is 1. The molecule has 1 aliphatic carbocycles. The van der Waals surface area contributed by atoms with Crippen molar-refractivity contribution in [3.05, 3.63) is 65.9 Å². The molecule has 0 amide bonds. The number of methoxy groups -OCH3 is 2. The Morgan fingerprint density at radius 2 is 1.91 bits per heavy atom. The van der Waals surface area contributed by atoms with Crippen LogP contribution in [0.1, 0.15) is 25.8 Å². The standard InChI is InChI=1S/C17H19NO2.C2H6/c1-13(15-6-10-17(20-3)11-7-15)18-12-14-4-8-16(19-2)9-5-14;1-2/h4-10,12,17H,1,11H2,2-3H3;1-2H3. The number of aliphatic imine (C=N–C) groups is 1. The summed E-state index contributed by atoms with van der Waals surface area (Å²) in [5.41, 5.74) is 2.82. The van der Waals surface area contributed by atoms with Crippen molar-refractivity contribution in [2.75, 3.05) is 14.2 Å². The lowest BCUT2D eigenvalue weighted by molar-refractivity contribution is 0.142. The fourth-order valence-electron chi connectivity index (χ4n) is 1.91. The van der Waals surface area contributed by atoms with Crippen molar-refractivity contribution in [1.29, 1.82) is 0 Å². The first-order valence-corrected chi connectivity index (χ1v) is 7.51. The summed E-state index contributed by atoms with van der Waals surface area (Å²) >= 11 is 0. The zero-order valence-electron chi connectivity index (χ0n) is 13.9. The number of ether oxygens (including phenoxy) is 2. The van der Waals surface area contributed by atoms with Crippen LogP contribution in [0.25, 0.3) is 0 Å². The molecule has 22 heavy (non-hydrogen) atoms. The van der Waals surface area contributed by atoms with E-state index in [1.807, 2.05) is 50.3 Å². The summed E-state index contributed by atoms with van der Waals surface area (Å²) in [6.45, 7) is 8.00. The molecular formula is C19H25NO2. The van der Waals surface area contributed by atoms with Gasteiger partial charge in [0.05, 0.1) is 18.9 Å². The molecule has 3 nitrogen and oxygen atoms in total. The third-order valence-electron chi connectivity index (χ3n) is 3.18. The smallest absolute Gasteiger partial charge is 0.118 e. The summed E-state index contributed by atoms with van der Waals surface area (Å²) in [7, 11) is 3.37. The van der Waals surface area contributed by atoms with E-state index in [1.54, 1.807) is 20.4 Å². The van der Waals surface area contributed by atoms with Crippen LogP contribution in [0, 0.1) is 0 Å². The van der Waals surface area contributed by atoms with E-state index in [1.165, 1.54) is 0 Å². The summed E-state index contributed by atoms with van der Waals surface area (Å²) in [6, 6.07) is 7.74. The van der Waals surface area contributed by atoms with Crippen molar-refractivity contribution in [2.45, 2.75) is 26.4 Å². The first-order valence-electron chi connectivity index (χ1n) is 7.51. The van der Waals surface area contributed by atoms with Crippen molar-refractivity contribution < 1.29 is 9.47 Å². The van der Waals surface area contributed by atoms with Crippen molar-refractivity contribution in [3.63, 3.8) is 0 Å². The topological polar surface area (TPSA) is 30.8 Å². The second-order valence-electron chi connectivity index (χ2n) is 4.51. The molecule has 0 saturated carbocycles. The summed E-state index contributed by atoms with van der Waals surface area (Å²) in [6.07, 6.45) is 8.96. The fourth-order valence-corrected chi connectivity index (χ4v) is 1.91. The predicted octanol–water partition coefficient (Wildman–Crippen LogP) is 4.56. The lowest BCUT2D eigenvalue weighted by Gasteiger charge is -2.14. The van der Waals surface area contributed by atoms with E-state index in [-0.39, 0.29) is 6.10 Å². The van der Waals surface area contributed by atoms with Crippen LogP contribution in [0.2, 0.25) is 0 Å². The predicted molar refractivity (Wildman–Crippen MR) is 93.7 cm³/mol. The Balaban J connectivity index is 0.00000116. The lowest BCUT2D eigenvalue weighted by atomic mass is 10.0. The summed E-state index contributed by atoms with van der Waals surface area (Å²) in [4.78, 5) is 4.40. The third-order valence-corrected chi connectivity index (χ3v) is 3.18. The molecule has 1 atom stereocenters. The maximum absolute atomic E-state index is 5.26. The first-order chi connectivity index (χ1) is 10.7. The van der Waals surface area contributed by atoms with Crippen LogP contribution < -0.4 is 4.74 Å². The Kier molecular flexibility index (Phi) is 7.94. The van der Waals surface area contributed by atoms with E-state index in [0.29, 0.717) is 0 Å². The quantitative estimate of drug-likeness (QED) is 0.746. The summed E-state index contributed by atoms with van der Waals surface area (Å²) in [5.74, 6) is 0.838.